The number of ether oxygens (including phenoxy) is 2. The van der Waals surface area contributed by atoms with E-state index in [1.165, 1.54) is 0 Å². The highest BCUT2D eigenvalue weighted by Gasteiger charge is 2.38. The third-order valence-electron chi connectivity index (χ3n) is 4.33. The number of aromatic nitrogens is 3. The summed E-state index contributed by atoms with van der Waals surface area (Å²) >= 11 is 3.35. The average Bonchev–Trinajstić information content (AvgIpc) is 3.01. The normalized spacial score (nSPS) is 17.9. The van der Waals surface area contributed by atoms with Gasteiger partial charge in [0.25, 0.3) is 0 Å². The van der Waals surface area contributed by atoms with Crippen LogP contribution in [-0.2, 0) is 9.47 Å². The minimum Gasteiger partial charge on any atom is -0.444 e. The minimum atomic E-state index is -0.627. The Kier molecular flexibility index (Phi) is 5.99. The molecular weight excluding hydrogens is 454 g/mol. The highest BCUT2D eigenvalue weighted by molar-refractivity contribution is 9.10. The molecule has 10 heteroatoms. The lowest BCUT2D eigenvalue weighted by molar-refractivity contribution is -0.0157. The zero-order valence-electron chi connectivity index (χ0n) is 18.2. The molecule has 0 saturated carbocycles. The van der Waals surface area contributed by atoms with Crippen LogP contribution in [0, 0.1) is 0 Å². The van der Waals surface area contributed by atoms with Gasteiger partial charge in [0, 0.05) is 25.5 Å². The summed E-state index contributed by atoms with van der Waals surface area (Å²) < 4.78 is 13.6. The van der Waals surface area contributed by atoms with Gasteiger partial charge in [-0.3, -0.25) is 4.90 Å². The molecule has 0 N–H and O–H groups in total. The van der Waals surface area contributed by atoms with Crippen molar-refractivity contribution in [3.05, 3.63) is 28.9 Å². The van der Waals surface area contributed by atoms with Crippen molar-refractivity contribution in [2.24, 2.45) is 0 Å². The predicted molar refractivity (Wildman–Crippen MR) is 114 cm³/mol. The molecule has 1 fully saturated rings. The molecule has 9 nitrogen and oxygen atoms in total. The summed E-state index contributed by atoms with van der Waals surface area (Å²) in [6.07, 6.45) is 4.41. The number of carbonyl (C=O) groups is 2. The first-order chi connectivity index (χ1) is 13.8. The Morgan fingerprint density at radius 1 is 1.03 bits per heavy atom. The first-order valence-corrected chi connectivity index (χ1v) is 10.6. The van der Waals surface area contributed by atoms with Crippen LogP contribution in [0.15, 0.2) is 23.2 Å². The molecular formula is C20H28BrN5O4. The van der Waals surface area contributed by atoms with Gasteiger partial charge in [-0.1, -0.05) is 0 Å². The number of nitrogens with zero attached hydrogens (tertiary/aromatic N) is 5. The van der Waals surface area contributed by atoms with Gasteiger partial charge in [0.1, 0.15) is 15.8 Å². The summed E-state index contributed by atoms with van der Waals surface area (Å²) in [5, 5.41) is 0. The number of hydrogen-bond donors (Lipinski definition) is 0. The Labute approximate surface area is 184 Å². The number of imidazole rings is 1. The number of amides is 2. The first-order valence-electron chi connectivity index (χ1n) is 9.80. The SMILES string of the molecule is CC(C)(C)OC(=O)N1CCN(C(=O)OC(C)(C)C)C(c2cn3cc(Br)ncc3n2)C1. The number of piperazine rings is 1. The number of carbonyl (C=O) groups excluding carboxylic acids is 2. The number of rotatable bonds is 1. The maximum atomic E-state index is 12.9. The quantitative estimate of drug-likeness (QED) is 0.610. The van der Waals surface area contributed by atoms with Gasteiger partial charge in [0.05, 0.1) is 24.5 Å². The van der Waals surface area contributed by atoms with Crippen molar-refractivity contribution in [3.63, 3.8) is 0 Å². The summed E-state index contributed by atoms with van der Waals surface area (Å²) in [5.74, 6) is 0. The van der Waals surface area contributed by atoms with Gasteiger partial charge in [0.2, 0.25) is 0 Å². The first kappa shape index (κ1) is 22.3. The standard InChI is InChI=1S/C20H28BrN5O4/c1-19(2,3)29-17(27)24-7-8-26(18(28)30-20(4,5)6)14(11-24)13-10-25-12-15(21)22-9-16(25)23-13/h9-10,12,14H,7-8,11H2,1-6H3. The van der Waals surface area contributed by atoms with Crippen molar-refractivity contribution in [1.29, 1.82) is 0 Å². The predicted octanol–water partition coefficient (Wildman–Crippen LogP) is 4.02. The third-order valence-corrected chi connectivity index (χ3v) is 4.74. The molecule has 2 aromatic heterocycles. The smallest absolute Gasteiger partial charge is 0.410 e. The fourth-order valence-corrected chi connectivity index (χ4v) is 3.44. The molecule has 1 unspecified atom stereocenters. The number of fused-ring (bicyclic) bond motifs is 1. The second-order valence-corrected chi connectivity index (χ2v) is 10.1. The molecule has 1 saturated heterocycles. The number of halogens is 1. The molecule has 3 rings (SSSR count). The fraction of sp³-hybridized carbons (Fsp3) is 0.600. The van der Waals surface area contributed by atoms with Gasteiger partial charge in [-0.25, -0.2) is 19.6 Å². The second-order valence-electron chi connectivity index (χ2n) is 9.26. The molecule has 30 heavy (non-hydrogen) atoms. The van der Waals surface area contributed by atoms with E-state index in [-0.39, 0.29) is 6.54 Å². The van der Waals surface area contributed by atoms with Gasteiger partial charge < -0.3 is 18.8 Å². The Bertz CT molecular complexity index is 947. The Morgan fingerprint density at radius 3 is 2.30 bits per heavy atom. The minimum absolute atomic E-state index is 0.257. The van der Waals surface area contributed by atoms with Gasteiger partial charge >= 0.3 is 12.2 Å². The van der Waals surface area contributed by atoms with Crippen LogP contribution >= 0.6 is 15.9 Å². The van der Waals surface area contributed by atoms with E-state index in [1.54, 1.807) is 22.2 Å². The van der Waals surface area contributed by atoms with Gasteiger partial charge in [-0.05, 0) is 57.5 Å². The van der Waals surface area contributed by atoms with Crippen LogP contribution in [0.5, 0.6) is 0 Å². The summed E-state index contributed by atoms with van der Waals surface area (Å²) in [6.45, 7) is 11.9. The molecule has 0 bridgehead atoms. The molecule has 2 amide bonds. The maximum absolute atomic E-state index is 12.9. The molecule has 0 aliphatic carbocycles. The summed E-state index contributed by atoms with van der Waals surface area (Å²) in [7, 11) is 0. The Balaban J connectivity index is 1.91. The Hall–Kier alpha value is -2.36. The lowest BCUT2D eigenvalue weighted by atomic mass is 10.1. The highest BCUT2D eigenvalue weighted by Crippen LogP contribution is 2.28. The molecule has 164 valence electrons. The van der Waals surface area contributed by atoms with E-state index in [2.05, 4.69) is 25.9 Å². The van der Waals surface area contributed by atoms with Crippen molar-refractivity contribution in [3.8, 4) is 0 Å². The molecule has 1 atom stereocenters. The third kappa shape index (κ3) is 5.41. The van der Waals surface area contributed by atoms with Crippen molar-refractivity contribution in [2.45, 2.75) is 58.8 Å². The van der Waals surface area contributed by atoms with Gasteiger partial charge in [-0.2, -0.15) is 0 Å². The van der Waals surface area contributed by atoms with Crippen LogP contribution in [0.1, 0.15) is 53.3 Å². The lowest BCUT2D eigenvalue weighted by Gasteiger charge is -2.41. The summed E-state index contributed by atoms with van der Waals surface area (Å²) in [4.78, 5) is 37.6. The molecule has 1 aliphatic heterocycles. The van der Waals surface area contributed by atoms with Crippen LogP contribution in [-0.4, -0.2) is 67.2 Å². The van der Waals surface area contributed by atoms with Crippen LogP contribution in [0.3, 0.4) is 0 Å². The van der Waals surface area contributed by atoms with Crippen LogP contribution in [0.25, 0.3) is 5.65 Å². The molecule has 0 aromatic carbocycles. The molecule has 2 aromatic rings. The van der Waals surface area contributed by atoms with E-state index in [1.807, 2.05) is 52.1 Å². The fourth-order valence-electron chi connectivity index (χ4n) is 3.12. The van der Waals surface area contributed by atoms with Gasteiger partial charge in [-0.15, -0.1) is 0 Å². The Morgan fingerprint density at radius 2 is 1.67 bits per heavy atom. The van der Waals surface area contributed by atoms with Crippen molar-refractivity contribution < 1.29 is 19.1 Å². The van der Waals surface area contributed by atoms with E-state index in [9.17, 15) is 9.59 Å². The van der Waals surface area contributed by atoms with Crippen molar-refractivity contribution >= 4 is 33.8 Å². The monoisotopic (exact) mass is 481 g/mol. The maximum Gasteiger partial charge on any atom is 0.410 e. The van der Waals surface area contributed by atoms with Crippen LogP contribution in [0.2, 0.25) is 0 Å². The van der Waals surface area contributed by atoms with E-state index in [0.717, 1.165) is 0 Å². The average molecular weight is 482 g/mol. The van der Waals surface area contributed by atoms with Gasteiger partial charge in [0.15, 0.2) is 5.65 Å². The molecule has 1 aliphatic rings. The molecule has 0 radical (unpaired) electrons. The van der Waals surface area contributed by atoms with E-state index >= 15 is 0 Å². The zero-order chi connectivity index (χ0) is 22.3. The largest absolute Gasteiger partial charge is 0.444 e. The lowest BCUT2D eigenvalue weighted by Crippen LogP contribution is -2.54. The van der Waals surface area contributed by atoms with E-state index in [0.29, 0.717) is 29.0 Å². The summed E-state index contributed by atoms with van der Waals surface area (Å²) in [5.41, 5.74) is 0.0637. The van der Waals surface area contributed by atoms with Crippen LogP contribution < -0.4 is 0 Å². The molecule has 0 spiro atoms. The summed E-state index contributed by atoms with van der Waals surface area (Å²) in [6, 6.07) is -0.472. The van der Waals surface area contributed by atoms with E-state index in [4.69, 9.17) is 9.47 Å². The zero-order valence-corrected chi connectivity index (χ0v) is 19.8. The van der Waals surface area contributed by atoms with Crippen molar-refractivity contribution in [2.75, 3.05) is 19.6 Å². The topological polar surface area (TPSA) is 89.3 Å². The number of hydrogen-bond acceptors (Lipinski definition) is 6. The second kappa shape index (κ2) is 8.05. The van der Waals surface area contributed by atoms with Crippen molar-refractivity contribution in [1.82, 2.24) is 24.2 Å². The highest BCUT2D eigenvalue weighted by atomic mass is 79.9. The van der Waals surface area contributed by atoms with Crippen LogP contribution in [0.4, 0.5) is 9.59 Å². The van der Waals surface area contributed by atoms with E-state index < -0.39 is 29.4 Å². The molecule has 3 heterocycles.